The van der Waals surface area contributed by atoms with Crippen molar-refractivity contribution < 1.29 is 14.6 Å². The first kappa shape index (κ1) is 15.9. The van der Waals surface area contributed by atoms with Gasteiger partial charge < -0.3 is 14.6 Å². The lowest BCUT2D eigenvalue weighted by atomic mass is 10.0. The highest BCUT2D eigenvalue weighted by Gasteiger charge is 2.12. The van der Waals surface area contributed by atoms with E-state index in [0.29, 0.717) is 6.42 Å². The third-order valence-corrected chi connectivity index (χ3v) is 4.12. The number of ether oxygens (including phenoxy) is 2. The zero-order chi connectivity index (χ0) is 15.2. The van der Waals surface area contributed by atoms with Gasteiger partial charge >= 0.3 is 0 Å². The summed E-state index contributed by atoms with van der Waals surface area (Å²) < 4.78 is 11.2. The fourth-order valence-electron chi connectivity index (χ4n) is 2.16. The number of aryl methyl sites for hydroxylation is 1. The summed E-state index contributed by atoms with van der Waals surface area (Å²) in [7, 11) is 3.28. The number of methoxy groups -OCH3 is 2. The first-order valence-corrected chi connectivity index (χ1v) is 7.57. The van der Waals surface area contributed by atoms with E-state index in [2.05, 4.69) is 15.9 Å². The van der Waals surface area contributed by atoms with Gasteiger partial charge in [-0.3, -0.25) is 0 Å². The maximum Gasteiger partial charge on any atom is 0.120 e. The Balaban J connectivity index is 1.99. The average molecular weight is 351 g/mol. The van der Waals surface area contributed by atoms with Gasteiger partial charge in [0.1, 0.15) is 11.5 Å². The summed E-state index contributed by atoms with van der Waals surface area (Å²) in [5.41, 5.74) is 2.06. The van der Waals surface area contributed by atoms with Gasteiger partial charge in [-0.1, -0.05) is 34.1 Å². The number of hydrogen-bond acceptors (Lipinski definition) is 3. The van der Waals surface area contributed by atoms with Crippen molar-refractivity contribution >= 4 is 15.9 Å². The Labute approximate surface area is 133 Å². The lowest BCUT2D eigenvalue weighted by molar-refractivity contribution is 0.167. The second-order valence-corrected chi connectivity index (χ2v) is 5.64. The fraction of sp³-hybridized carbons (Fsp3) is 0.294. The lowest BCUT2D eigenvalue weighted by Gasteiger charge is -2.14. The van der Waals surface area contributed by atoms with Crippen molar-refractivity contribution in [3.05, 3.63) is 58.1 Å². The van der Waals surface area contributed by atoms with Crippen LogP contribution in [0.3, 0.4) is 0 Å². The molecule has 1 N–H and O–H groups in total. The molecular weight excluding hydrogens is 332 g/mol. The molecular formula is C17H19BrO3. The van der Waals surface area contributed by atoms with Crippen LogP contribution in [-0.4, -0.2) is 19.3 Å². The molecule has 0 aliphatic carbocycles. The van der Waals surface area contributed by atoms with Crippen molar-refractivity contribution in [3.8, 4) is 11.5 Å². The van der Waals surface area contributed by atoms with Crippen molar-refractivity contribution in [2.75, 3.05) is 14.2 Å². The molecule has 21 heavy (non-hydrogen) atoms. The highest BCUT2D eigenvalue weighted by atomic mass is 79.9. The molecule has 0 saturated carbocycles. The monoisotopic (exact) mass is 350 g/mol. The maximum absolute atomic E-state index is 10.3. The van der Waals surface area contributed by atoms with E-state index in [0.717, 1.165) is 28.0 Å². The summed E-state index contributed by atoms with van der Waals surface area (Å²) in [5.74, 6) is 1.62. The molecule has 112 valence electrons. The minimum absolute atomic E-state index is 0.507. The number of aliphatic hydroxyl groups excluding tert-OH is 1. The molecule has 0 bridgehead atoms. The van der Waals surface area contributed by atoms with Crippen molar-refractivity contribution in [2.24, 2.45) is 0 Å². The number of aliphatic hydroxyl groups is 1. The Morgan fingerprint density at radius 3 is 2.19 bits per heavy atom. The summed E-state index contributed by atoms with van der Waals surface area (Å²) >= 11 is 3.48. The Morgan fingerprint density at radius 2 is 1.62 bits per heavy atom. The summed E-state index contributed by atoms with van der Waals surface area (Å²) in [5, 5.41) is 10.3. The number of benzene rings is 2. The SMILES string of the molecule is COc1ccc(CCC(O)c2ccc(OC)cc2Br)cc1. The van der Waals surface area contributed by atoms with Crippen LogP contribution in [-0.2, 0) is 6.42 Å². The predicted molar refractivity (Wildman–Crippen MR) is 87.0 cm³/mol. The van der Waals surface area contributed by atoms with Crippen molar-refractivity contribution in [1.82, 2.24) is 0 Å². The third kappa shape index (κ3) is 4.22. The van der Waals surface area contributed by atoms with Gasteiger partial charge in [0.2, 0.25) is 0 Å². The largest absolute Gasteiger partial charge is 0.497 e. The molecule has 2 rings (SSSR count). The van der Waals surface area contributed by atoms with Crippen LogP contribution in [0.4, 0.5) is 0 Å². The molecule has 2 aromatic rings. The molecule has 2 aromatic carbocycles. The highest BCUT2D eigenvalue weighted by Crippen LogP contribution is 2.30. The van der Waals surface area contributed by atoms with E-state index >= 15 is 0 Å². The van der Waals surface area contributed by atoms with E-state index < -0.39 is 6.10 Å². The molecule has 3 nitrogen and oxygen atoms in total. The summed E-state index contributed by atoms with van der Waals surface area (Å²) in [6.45, 7) is 0. The van der Waals surface area contributed by atoms with E-state index in [1.54, 1.807) is 14.2 Å². The maximum atomic E-state index is 10.3. The van der Waals surface area contributed by atoms with Crippen LogP contribution in [0.1, 0.15) is 23.7 Å². The van der Waals surface area contributed by atoms with Crippen LogP contribution in [0.25, 0.3) is 0 Å². The van der Waals surface area contributed by atoms with Crippen LogP contribution < -0.4 is 9.47 Å². The van der Waals surface area contributed by atoms with E-state index in [1.807, 2.05) is 42.5 Å². The van der Waals surface area contributed by atoms with Crippen molar-refractivity contribution in [3.63, 3.8) is 0 Å². The molecule has 4 heteroatoms. The van der Waals surface area contributed by atoms with Gasteiger partial charge in [0.05, 0.1) is 20.3 Å². The molecule has 0 amide bonds. The molecule has 0 aromatic heterocycles. The molecule has 0 aliphatic rings. The Bertz CT molecular complexity index is 581. The van der Waals surface area contributed by atoms with Crippen molar-refractivity contribution in [1.29, 1.82) is 0 Å². The minimum atomic E-state index is -0.507. The van der Waals surface area contributed by atoms with E-state index in [4.69, 9.17) is 9.47 Å². The van der Waals surface area contributed by atoms with Gasteiger partial charge in [-0.25, -0.2) is 0 Å². The quantitative estimate of drug-likeness (QED) is 0.850. The van der Waals surface area contributed by atoms with Crippen LogP contribution >= 0.6 is 15.9 Å². The van der Waals surface area contributed by atoms with E-state index in [9.17, 15) is 5.11 Å². The molecule has 0 spiro atoms. The molecule has 1 unspecified atom stereocenters. The second kappa shape index (κ2) is 7.48. The zero-order valence-electron chi connectivity index (χ0n) is 12.2. The molecule has 0 aliphatic heterocycles. The van der Waals surface area contributed by atoms with E-state index in [1.165, 1.54) is 5.56 Å². The first-order valence-electron chi connectivity index (χ1n) is 6.78. The lowest BCUT2D eigenvalue weighted by Crippen LogP contribution is -2.01. The number of hydrogen-bond donors (Lipinski definition) is 1. The van der Waals surface area contributed by atoms with Crippen LogP contribution in [0.15, 0.2) is 46.9 Å². The first-order chi connectivity index (χ1) is 10.1. The van der Waals surface area contributed by atoms with Gasteiger partial charge in [-0.05, 0) is 48.2 Å². The standard InChI is InChI=1S/C17H19BrO3/c1-20-13-6-3-12(4-7-13)5-10-17(19)15-9-8-14(21-2)11-16(15)18/h3-4,6-9,11,17,19H,5,10H2,1-2H3. The fourth-order valence-corrected chi connectivity index (χ4v) is 2.78. The Kier molecular flexibility index (Phi) is 5.65. The van der Waals surface area contributed by atoms with Crippen LogP contribution in [0.5, 0.6) is 11.5 Å². The van der Waals surface area contributed by atoms with Gasteiger partial charge in [-0.2, -0.15) is 0 Å². The predicted octanol–water partition coefficient (Wildman–Crippen LogP) is 4.13. The van der Waals surface area contributed by atoms with Gasteiger partial charge in [0, 0.05) is 4.47 Å². The third-order valence-electron chi connectivity index (χ3n) is 3.43. The number of halogens is 1. The molecule has 0 saturated heterocycles. The highest BCUT2D eigenvalue weighted by molar-refractivity contribution is 9.10. The summed E-state index contributed by atoms with van der Waals surface area (Å²) in [4.78, 5) is 0. The molecule has 0 radical (unpaired) electrons. The van der Waals surface area contributed by atoms with Gasteiger partial charge in [0.15, 0.2) is 0 Å². The Hall–Kier alpha value is -1.52. The van der Waals surface area contributed by atoms with Crippen LogP contribution in [0.2, 0.25) is 0 Å². The second-order valence-electron chi connectivity index (χ2n) is 4.79. The van der Waals surface area contributed by atoms with Crippen molar-refractivity contribution in [2.45, 2.75) is 18.9 Å². The topological polar surface area (TPSA) is 38.7 Å². The van der Waals surface area contributed by atoms with Gasteiger partial charge in [-0.15, -0.1) is 0 Å². The number of rotatable bonds is 6. The zero-order valence-corrected chi connectivity index (χ0v) is 13.8. The van der Waals surface area contributed by atoms with Gasteiger partial charge in [0.25, 0.3) is 0 Å². The normalized spacial score (nSPS) is 12.0. The Morgan fingerprint density at radius 1 is 1.00 bits per heavy atom. The smallest absolute Gasteiger partial charge is 0.120 e. The molecule has 0 heterocycles. The van der Waals surface area contributed by atoms with Crippen LogP contribution in [0, 0.1) is 0 Å². The molecule has 1 atom stereocenters. The summed E-state index contributed by atoms with van der Waals surface area (Å²) in [6.07, 6.45) is 0.966. The average Bonchev–Trinajstić information content (AvgIpc) is 2.52. The summed E-state index contributed by atoms with van der Waals surface area (Å²) in [6, 6.07) is 13.5. The molecule has 0 fully saturated rings. The minimum Gasteiger partial charge on any atom is -0.497 e. The van der Waals surface area contributed by atoms with E-state index in [-0.39, 0.29) is 0 Å².